The molecule has 4 rings (SSSR count). The van der Waals surface area contributed by atoms with Crippen molar-refractivity contribution in [2.75, 3.05) is 6.61 Å². The Labute approximate surface area is 206 Å². The molecule has 3 atom stereocenters. The fourth-order valence-corrected chi connectivity index (χ4v) is 5.40. The molecule has 0 heterocycles. The molecule has 0 saturated heterocycles. The number of hydrogen-bond donors (Lipinski definition) is 3. The zero-order chi connectivity index (χ0) is 24.8. The number of benzene rings is 2. The van der Waals surface area contributed by atoms with Gasteiger partial charge in [-0.3, -0.25) is 9.59 Å². The van der Waals surface area contributed by atoms with Gasteiger partial charge in [0.2, 0.25) is 5.91 Å². The summed E-state index contributed by atoms with van der Waals surface area (Å²) in [6.45, 7) is 2.08. The van der Waals surface area contributed by atoms with Crippen LogP contribution in [0.3, 0.4) is 0 Å². The number of alkyl carbamates (subject to hydrolysis) is 1. The topological polar surface area (TPSA) is 105 Å². The zero-order valence-corrected chi connectivity index (χ0v) is 20.2. The number of carboxylic acids is 1. The molecule has 35 heavy (non-hydrogen) atoms. The maximum absolute atomic E-state index is 13.0. The van der Waals surface area contributed by atoms with Crippen molar-refractivity contribution in [2.45, 2.75) is 69.9 Å². The van der Waals surface area contributed by atoms with E-state index in [0.717, 1.165) is 30.4 Å². The normalized spacial score (nSPS) is 20.1. The van der Waals surface area contributed by atoms with Crippen LogP contribution in [-0.2, 0) is 14.3 Å². The zero-order valence-electron chi connectivity index (χ0n) is 20.2. The average molecular weight is 479 g/mol. The highest BCUT2D eigenvalue weighted by atomic mass is 16.5. The van der Waals surface area contributed by atoms with Crippen molar-refractivity contribution in [3.8, 4) is 11.1 Å². The highest BCUT2D eigenvalue weighted by Crippen LogP contribution is 2.44. The van der Waals surface area contributed by atoms with Crippen LogP contribution in [-0.4, -0.2) is 41.8 Å². The van der Waals surface area contributed by atoms with Gasteiger partial charge in [0.1, 0.15) is 6.61 Å². The highest BCUT2D eigenvalue weighted by Gasteiger charge is 2.33. The highest BCUT2D eigenvalue weighted by molar-refractivity contribution is 5.82. The van der Waals surface area contributed by atoms with Crippen molar-refractivity contribution in [2.24, 2.45) is 5.92 Å². The number of rotatable bonds is 8. The number of carbonyl (C=O) groups is 3. The predicted molar refractivity (Wildman–Crippen MR) is 133 cm³/mol. The van der Waals surface area contributed by atoms with Gasteiger partial charge in [0.05, 0.1) is 12.3 Å². The lowest BCUT2D eigenvalue weighted by Gasteiger charge is -2.27. The van der Waals surface area contributed by atoms with Crippen LogP contribution in [0.25, 0.3) is 11.1 Å². The van der Waals surface area contributed by atoms with E-state index in [0.29, 0.717) is 19.3 Å². The summed E-state index contributed by atoms with van der Waals surface area (Å²) < 4.78 is 5.71. The summed E-state index contributed by atoms with van der Waals surface area (Å²) in [7, 11) is 0. The van der Waals surface area contributed by atoms with Crippen molar-refractivity contribution in [1.29, 1.82) is 0 Å². The van der Waals surface area contributed by atoms with Gasteiger partial charge in [0.25, 0.3) is 0 Å². The lowest BCUT2D eigenvalue weighted by atomic mass is 9.93. The first-order valence-electron chi connectivity index (χ1n) is 12.6. The first-order valence-corrected chi connectivity index (χ1v) is 12.6. The van der Waals surface area contributed by atoms with Gasteiger partial charge in [-0.1, -0.05) is 74.7 Å². The Hall–Kier alpha value is -3.35. The van der Waals surface area contributed by atoms with Crippen LogP contribution >= 0.6 is 0 Å². The molecule has 0 unspecified atom stereocenters. The summed E-state index contributed by atoms with van der Waals surface area (Å²) in [5.74, 6) is -1.56. The standard InChI is InChI=1S/C28H34N2O5/c1-2-18(16-26(31)32)29-27(33)23-14-4-3-5-15-25(23)30-28(34)35-17-24-21-12-8-6-10-19(21)20-11-7-9-13-22(20)24/h6-13,18,23-25H,2-5,14-17H2,1H3,(H,29,33)(H,30,34)(H,31,32)/t18-,23+,25-/m0/s1. The molecular weight excluding hydrogens is 444 g/mol. The van der Waals surface area contributed by atoms with Gasteiger partial charge in [-0.15, -0.1) is 0 Å². The number of carboxylic acid groups (broad SMARTS) is 1. The van der Waals surface area contributed by atoms with Crippen molar-refractivity contribution in [3.63, 3.8) is 0 Å². The third-order valence-corrected chi connectivity index (χ3v) is 7.26. The summed E-state index contributed by atoms with van der Waals surface area (Å²) in [5.41, 5.74) is 4.64. The molecule has 2 aromatic carbocycles. The molecule has 2 amide bonds. The molecule has 2 aliphatic carbocycles. The van der Waals surface area contributed by atoms with Crippen LogP contribution in [0.15, 0.2) is 48.5 Å². The van der Waals surface area contributed by atoms with Crippen LogP contribution in [0.4, 0.5) is 4.79 Å². The molecule has 2 aromatic rings. The van der Waals surface area contributed by atoms with Crippen LogP contribution in [0, 0.1) is 5.92 Å². The fraction of sp³-hybridized carbons (Fsp3) is 0.464. The fourth-order valence-electron chi connectivity index (χ4n) is 5.40. The van der Waals surface area contributed by atoms with Crippen LogP contribution in [0.5, 0.6) is 0 Å². The Morgan fingerprint density at radius 3 is 2.23 bits per heavy atom. The summed E-state index contributed by atoms with van der Waals surface area (Å²) in [6.07, 6.45) is 4.07. The van der Waals surface area contributed by atoms with Gasteiger partial charge in [0, 0.05) is 18.0 Å². The Balaban J connectivity index is 1.40. The average Bonchev–Trinajstić information content (AvgIpc) is 2.98. The van der Waals surface area contributed by atoms with Crippen molar-refractivity contribution in [3.05, 3.63) is 59.7 Å². The van der Waals surface area contributed by atoms with E-state index >= 15 is 0 Å². The second-order valence-electron chi connectivity index (χ2n) is 9.53. The molecule has 0 aliphatic heterocycles. The number of ether oxygens (including phenoxy) is 1. The molecule has 0 bridgehead atoms. The molecule has 3 N–H and O–H groups in total. The molecular formula is C28H34N2O5. The second-order valence-corrected chi connectivity index (χ2v) is 9.53. The third-order valence-electron chi connectivity index (χ3n) is 7.26. The smallest absolute Gasteiger partial charge is 0.407 e. The largest absolute Gasteiger partial charge is 0.481 e. The minimum absolute atomic E-state index is 0.0253. The maximum atomic E-state index is 13.0. The third kappa shape index (κ3) is 5.84. The van der Waals surface area contributed by atoms with Gasteiger partial charge in [0.15, 0.2) is 0 Å². The van der Waals surface area contributed by atoms with E-state index in [1.54, 1.807) is 0 Å². The van der Waals surface area contributed by atoms with Crippen molar-refractivity contribution < 1.29 is 24.2 Å². The van der Waals surface area contributed by atoms with E-state index in [9.17, 15) is 14.4 Å². The Morgan fingerprint density at radius 2 is 1.60 bits per heavy atom. The number of carbonyl (C=O) groups excluding carboxylic acids is 2. The Morgan fingerprint density at radius 1 is 0.971 bits per heavy atom. The molecule has 2 aliphatic rings. The summed E-state index contributed by atoms with van der Waals surface area (Å²) in [5, 5.41) is 14.9. The number of fused-ring (bicyclic) bond motifs is 3. The molecule has 7 heteroatoms. The van der Waals surface area contributed by atoms with E-state index in [1.165, 1.54) is 11.1 Å². The Bertz CT molecular complexity index is 1020. The predicted octanol–water partition coefficient (Wildman–Crippen LogP) is 4.84. The molecule has 0 radical (unpaired) electrons. The van der Waals surface area contributed by atoms with E-state index in [2.05, 4.69) is 34.9 Å². The number of aliphatic carboxylic acids is 1. The van der Waals surface area contributed by atoms with Crippen molar-refractivity contribution >= 4 is 18.0 Å². The van der Waals surface area contributed by atoms with Gasteiger partial charge >= 0.3 is 12.1 Å². The lowest BCUT2D eigenvalue weighted by Crippen LogP contribution is -2.49. The van der Waals surface area contributed by atoms with Crippen molar-refractivity contribution in [1.82, 2.24) is 10.6 Å². The van der Waals surface area contributed by atoms with E-state index in [4.69, 9.17) is 9.84 Å². The minimum Gasteiger partial charge on any atom is -0.481 e. The van der Waals surface area contributed by atoms with E-state index < -0.39 is 24.0 Å². The van der Waals surface area contributed by atoms with Gasteiger partial charge in [-0.25, -0.2) is 4.79 Å². The van der Waals surface area contributed by atoms with E-state index in [1.807, 2.05) is 31.2 Å². The summed E-state index contributed by atoms with van der Waals surface area (Å²) >= 11 is 0. The molecule has 0 spiro atoms. The van der Waals surface area contributed by atoms with Gasteiger partial charge in [-0.05, 0) is 41.5 Å². The quantitative estimate of drug-likeness (QED) is 0.471. The first-order chi connectivity index (χ1) is 17.0. The molecule has 186 valence electrons. The number of nitrogens with one attached hydrogen (secondary N) is 2. The first kappa shape index (κ1) is 24.8. The number of hydrogen-bond acceptors (Lipinski definition) is 4. The van der Waals surface area contributed by atoms with Crippen LogP contribution in [0.2, 0.25) is 0 Å². The number of amides is 2. The van der Waals surface area contributed by atoms with Gasteiger partial charge < -0.3 is 20.5 Å². The minimum atomic E-state index is -0.939. The monoisotopic (exact) mass is 478 g/mol. The van der Waals surface area contributed by atoms with Gasteiger partial charge in [-0.2, -0.15) is 0 Å². The van der Waals surface area contributed by atoms with Crippen LogP contribution in [0.1, 0.15) is 68.9 Å². The summed E-state index contributed by atoms with van der Waals surface area (Å²) in [4.78, 5) is 37.0. The SMILES string of the molecule is CC[C@@H](CC(=O)O)NC(=O)[C@@H]1CCCCC[C@@H]1NC(=O)OCC1c2ccccc2-c2ccccc21. The van der Waals surface area contributed by atoms with Crippen LogP contribution < -0.4 is 10.6 Å². The maximum Gasteiger partial charge on any atom is 0.407 e. The molecule has 1 saturated carbocycles. The summed E-state index contributed by atoms with van der Waals surface area (Å²) in [6, 6.07) is 15.6. The van der Waals surface area contributed by atoms with E-state index in [-0.39, 0.29) is 30.9 Å². The Kier molecular flexibility index (Phi) is 8.06. The lowest BCUT2D eigenvalue weighted by molar-refractivity contribution is -0.137. The molecule has 0 aromatic heterocycles. The molecule has 7 nitrogen and oxygen atoms in total. The molecule has 1 fully saturated rings. The second kappa shape index (κ2) is 11.4.